The molecule has 0 amide bonds. The van der Waals surface area contributed by atoms with E-state index in [0.29, 0.717) is 5.41 Å². The second kappa shape index (κ2) is 6.61. The fourth-order valence-corrected chi connectivity index (χ4v) is 5.15. The second-order valence-electron chi connectivity index (χ2n) is 7.93. The van der Waals surface area contributed by atoms with E-state index in [0.717, 1.165) is 30.3 Å². The minimum Gasteiger partial charge on any atom is -0.313 e. The number of hydrogen-bond acceptors (Lipinski definition) is 1. The van der Waals surface area contributed by atoms with Gasteiger partial charge < -0.3 is 5.32 Å². The predicted octanol–water partition coefficient (Wildman–Crippen LogP) is 5.01. The number of nitrogens with one attached hydrogen (secondary N) is 1. The highest BCUT2D eigenvalue weighted by Gasteiger charge is 2.41. The lowest BCUT2D eigenvalue weighted by Gasteiger charge is -2.48. The Bertz CT molecular complexity index is 257. The Kier molecular flexibility index (Phi) is 5.34. The third kappa shape index (κ3) is 3.74. The average molecular weight is 265 g/mol. The van der Waals surface area contributed by atoms with Crippen molar-refractivity contribution in [2.45, 2.75) is 85.1 Å². The van der Waals surface area contributed by atoms with Gasteiger partial charge in [-0.3, -0.25) is 0 Å². The zero-order chi connectivity index (χ0) is 13.9. The highest BCUT2D eigenvalue weighted by atomic mass is 14.9. The fourth-order valence-electron chi connectivity index (χ4n) is 5.15. The van der Waals surface area contributed by atoms with Gasteiger partial charge in [0, 0.05) is 6.04 Å². The Hall–Kier alpha value is -0.0400. The van der Waals surface area contributed by atoms with Crippen LogP contribution in [0.4, 0.5) is 0 Å². The van der Waals surface area contributed by atoms with E-state index in [9.17, 15) is 0 Å². The van der Waals surface area contributed by atoms with Crippen molar-refractivity contribution in [1.29, 1.82) is 0 Å². The van der Waals surface area contributed by atoms with Crippen molar-refractivity contribution in [2.75, 3.05) is 6.54 Å². The molecule has 0 aromatic rings. The van der Waals surface area contributed by atoms with E-state index >= 15 is 0 Å². The van der Waals surface area contributed by atoms with Gasteiger partial charge >= 0.3 is 0 Å². The van der Waals surface area contributed by atoms with E-state index in [-0.39, 0.29) is 0 Å². The molecule has 0 aliphatic heterocycles. The van der Waals surface area contributed by atoms with E-state index in [1.807, 2.05) is 0 Å². The molecule has 2 saturated carbocycles. The first-order chi connectivity index (χ1) is 9.05. The lowest BCUT2D eigenvalue weighted by atomic mass is 9.62. The number of hydrogen-bond donors (Lipinski definition) is 1. The summed E-state index contributed by atoms with van der Waals surface area (Å²) >= 11 is 0. The van der Waals surface area contributed by atoms with E-state index < -0.39 is 0 Å². The van der Waals surface area contributed by atoms with Gasteiger partial charge in [0.1, 0.15) is 0 Å². The highest BCUT2D eigenvalue weighted by Crippen LogP contribution is 2.46. The molecular weight excluding hydrogens is 230 g/mol. The van der Waals surface area contributed by atoms with Crippen molar-refractivity contribution >= 4 is 0 Å². The van der Waals surface area contributed by atoms with Gasteiger partial charge in [-0.15, -0.1) is 0 Å². The van der Waals surface area contributed by atoms with Crippen LogP contribution in [0.5, 0.6) is 0 Å². The summed E-state index contributed by atoms with van der Waals surface area (Å²) < 4.78 is 0. The SMILES string of the molecule is CCNC(C1CC(C)CC(C)C1)C1(C)CCCCC1. The topological polar surface area (TPSA) is 12.0 Å². The smallest absolute Gasteiger partial charge is 0.0149 e. The first-order valence-corrected chi connectivity index (χ1v) is 8.78. The van der Waals surface area contributed by atoms with Gasteiger partial charge in [0.2, 0.25) is 0 Å². The van der Waals surface area contributed by atoms with Gasteiger partial charge in [-0.1, -0.05) is 47.0 Å². The molecule has 0 aromatic carbocycles. The summed E-state index contributed by atoms with van der Waals surface area (Å²) in [7, 11) is 0. The maximum atomic E-state index is 3.90. The molecule has 2 aliphatic rings. The van der Waals surface area contributed by atoms with Crippen LogP contribution in [0.15, 0.2) is 0 Å². The van der Waals surface area contributed by atoms with Crippen LogP contribution >= 0.6 is 0 Å². The van der Waals surface area contributed by atoms with Crippen LogP contribution in [0, 0.1) is 23.2 Å². The highest BCUT2D eigenvalue weighted by molar-refractivity contribution is 4.95. The minimum absolute atomic E-state index is 0.565. The zero-order valence-electron chi connectivity index (χ0n) is 13.7. The van der Waals surface area contributed by atoms with E-state index in [4.69, 9.17) is 0 Å². The van der Waals surface area contributed by atoms with Gasteiger partial charge in [-0.2, -0.15) is 0 Å². The fraction of sp³-hybridized carbons (Fsp3) is 1.00. The van der Waals surface area contributed by atoms with Crippen molar-refractivity contribution in [3.63, 3.8) is 0 Å². The third-order valence-electron chi connectivity index (χ3n) is 5.86. The summed E-state index contributed by atoms with van der Waals surface area (Å²) in [5.41, 5.74) is 0.565. The summed E-state index contributed by atoms with van der Waals surface area (Å²) in [5, 5.41) is 3.90. The Morgan fingerprint density at radius 1 is 1.00 bits per heavy atom. The lowest BCUT2D eigenvalue weighted by Crippen LogP contribution is -2.51. The summed E-state index contributed by atoms with van der Waals surface area (Å²) in [5.74, 6) is 2.78. The molecule has 0 bridgehead atoms. The Morgan fingerprint density at radius 3 is 2.11 bits per heavy atom. The molecule has 112 valence electrons. The number of rotatable bonds is 4. The van der Waals surface area contributed by atoms with Crippen molar-refractivity contribution in [1.82, 2.24) is 5.32 Å². The largest absolute Gasteiger partial charge is 0.313 e. The summed E-state index contributed by atoms with van der Waals surface area (Å²) in [6, 6.07) is 0.767. The van der Waals surface area contributed by atoms with Gasteiger partial charge in [0.15, 0.2) is 0 Å². The summed E-state index contributed by atoms with van der Waals surface area (Å²) in [6.45, 7) is 10.9. The molecule has 2 fully saturated rings. The second-order valence-corrected chi connectivity index (χ2v) is 7.93. The molecule has 0 saturated heterocycles. The molecule has 19 heavy (non-hydrogen) atoms. The summed E-state index contributed by atoms with van der Waals surface area (Å²) in [6.07, 6.45) is 11.6. The van der Waals surface area contributed by atoms with E-state index in [1.165, 1.54) is 51.4 Å². The van der Waals surface area contributed by atoms with Crippen molar-refractivity contribution in [2.24, 2.45) is 23.2 Å². The van der Waals surface area contributed by atoms with Crippen LogP contribution in [-0.4, -0.2) is 12.6 Å². The minimum atomic E-state index is 0.565. The molecular formula is C18H35N. The maximum Gasteiger partial charge on any atom is 0.0149 e. The van der Waals surface area contributed by atoms with Gasteiger partial charge in [0.25, 0.3) is 0 Å². The Labute approximate surface area is 120 Å². The van der Waals surface area contributed by atoms with Gasteiger partial charge in [0.05, 0.1) is 0 Å². The average Bonchev–Trinajstić information content (AvgIpc) is 2.35. The predicted molar refractivity (Wildman–Crippen MR) is 84.3 cm³/mol. The molecule has 3 unspecified atom stereocenters. The van der Waals surface area contributed by atoms with Gasteiger partial charge in [-0.25, -0.2) is 0 Å². The molecule has 0 spiro atoms. The molecule has 1 N–H and O–H groups in total. The Balaban J connectivity index is 2.09. The van der Waals surface area contributed by atoms with Crippen LogP contribution in [0.25, 0.3) is 0 Å². The van der Waals surface area contributed by atoms with Crippen LogP contribution in [-0.2, 0) is 0 Å². The lowest BCUT2D eigenvalue weighted by molar-refractivity contribution is 0.0636. The van der Waals surface area contributed by atoms with Gasteiger partial charge in [-0.05, 0) is 61.8 Å². The Morgan fingerprint density at radius 2 is 1.58 bits per heavy atom. The molecule has 2 aliphatic carbocycles. The molecule has 2 rings (SSSR count). The van der Waals surface area contributed by atoms with Crippen molar-refractivity contribution < 1.29 is 0 Å². The first-order valence-electron chi connectivity index (χ1n) is 8.78. The normalized spacial score (nSPS) is 36.9. The monoisotopic (exact) mass is 265 g/mol. The van der Waals surface area contributed by atoms with Crippen LogP contribution in [0.1, 0.15) is 79.1 Å². The molecule has 1 heteroatoms. The third-order valence-corrected chi connectivity index (χ3v) is 5.86. The zero-order valence-corrected chi connectivity index (χ0v) is 13.7. The molecule has 3 atom stereocenters. The standard InChI is InChI=1S/C18H35N/c1-5-19-17(18(4)9-7-6-8-10-18)16-12-14(2)11-15(3)13-16/h14-17,19H,5-13H2,1-4H3. The first kappa shape index (κ1) is 15.4. The summed E-state index contributed by atoms with van der Waals surface area (Å²) in [4.78, 5) is 0. The quantitative estimate of drug-likeness (QED) is 0.753. The van der Waals surface area contributed by atoms with Crippen molar-refractivity contribution in [3.05, 3.63) is 0 Å². The van der Waals surface area contributed by atoms with Crippen LogP contribution in [0.2, 0.25) is 0 Å². The molecule has 0 heterocycles. The van der Waals surface area contributed by atoms with Crippen LogP contribution < -0.4 is 5.32 Å². The van der Waals surface area contributed by atoms with E-state index in [1.54, 1.807) is 0 Å². The molecule has 1 nitrogen and oxygen atoms in total. The molecule has 0 radical (unpaired) electrons. The molecule has 0 aromatic heterocycles. The maximum absolute atomic E-state index is 3.90. The van der Waals surface area contributed by atoms with E-state index in [2.05, 4.69) is 33.0 Å². The van der Waals surface area contributed by atoms with Crippen molar-refractivity contribution in [3.8, 4) is 0 Å². The van der Waals surface area contributed by atoms with Crippen LogP contribution in [0.3, 0.4) is 0 Å².